The monoisotopic (exact) mass is 306 g/mol. The first-order valence-corrected chi connectivity index (χ1v) is 7.61. The standard InChI is InChI=1S/C17H19ClOS/c1-17(2,12-20)11-19-16-9-8-14(10-15(16)18)13-6-4-3-5-7-13/h3-10,20H,11-12H2,1-2H3. The van der Waals surface area contributed by atoms with Crippen LogP contribution in [-0.2, 0) is 0 Å². The normalized spacial score (nSPS) is 11.4. The first-order chi connectivity index (χ1) is 9.52. The average molecular weight is 307 g/mol. The molecule has 0 aliphatic rings. The molecule has 0 saturated heterocycles. The first-order valence-electron chi connectivity index (χ1n) is 6.60. The zero-order chi connectivity index (χ0) is 14.6. The SMILES string of the molecule is CC(C)(CS)COc1ccc(-c2ccccc2)cc1Cl. The zero-order valence-corrected chi connectivity index (χ0v) is 13.4. The minimum Gasteiger partial charge on any atom is -0.491 e. The van der Waals surface area contributed by atoms with E-state index in [0.717, 1.165) is 22.6 Å². The van der Waals surface area contributed by atoms with Gasteiger partial charge in [0.25, 0.3) is 0 Å². The molecule has 0 N–H and O–H groups in total. The number of thiol groups is 1. The molecule has 0 aromatic heterocycles. The fourth-order valence-corrected chi connectivity index (χ4v) is 2.07. The lowest BCUT2D eigenvalue weighted by Gasteiger charge is -2.22. The van der Waals surface area contributed by atoms with Crippen molar-refractivity contribution in [1.29, 1.82) is 0 Å². The van der Waals surface area contributed by atoms with E-state index in [1.807, 2.05) is 36.4 Å². The van der Waals surface area contributed by atoms with Crippen molar-refractivity contribution in [3.8, 4) is 16.9 Å². The van der Waals surface area contributed by atoms with Gasteiger partial charge in [-0.25, -0.2) is 0 Å². The number of halogens is 1. The van der Waals surface area contributed by atoms with Gasteiger partial charge in [0.05, 0.1) is 11.6 Å². The maximum Gasteiger partial charge on any atom is 0.137 e. The van der Waals surface area contributed by atoms with Gasteiger partial charge in [0.2, 0.25) is 0 Å². The predicted octanol–water partition coefficient (Wildman–Crippen LogP) is 5.34. The van der Waals surface area contributed by atoms with E-state index in [2.05, 4.69) is 38.6 Å². The van der Waals surface area contributed by atoms with Crippen molar-refractivity contribution in [2.45, 2.75) is 13.8 Å². The zero-order valence-electron chi connectivity index (χ0n) is 11.8. The van der Waals surface area contributed by atoms with Crippen LogP contribution >= 0.6 is 24.2 Å². The highest BCUT2D eigenvalue weighted by molar-refractivity contribution is 7.80. The second-order valence-corrected chi connectivity index (χ2v) is 6.35. The van der Waals surface area contributed by atoms with Crippen molar-refractivity contribution >= 4 is 24.2 Å². The van der Waals surface area contributed by atoms with Crippen LogP contribution in [-0.4, -0.2) is 12.4 Å². The maximum absolute atomic E-state index is 6.31. The Labute approximate surface area is 131 Å². The van der Waals surface area contributed by atoms with Crippen molar-refractivity contribution in [2.24, 2.45) is 5.41 Å². The molecule has 20 heavy (non-hydrogen) atoms. The summed E-state index contributed by atoms with van der Waals surface area (Å²) >= 11 is 10.6. The van der Waals surface area contributed by atoms with E-state index in [0.29, 0.717) is 11.6 Å². The Morgan fingerprint density at radius 2 is 1.75 bits per heavy atom. The lowest BCUT2D eigenvalue weighted by atomic mass is 9.98. The van der Waals surface area contributed by atoms with Crippen molar-refractivity contribution in [1.82, 2.24) is 0 Å². The van der Waals surface area contributed by atoms with Crippen molar-refractivity contribution in [3.63, 3.8) is 0 Å². The molecule has 0 fully saturated rings. The van der Waals surface area contributed by atoms with Gasteiger partial charge in [-0.15, -0.1) is 0 Å². The quantitative estimate of drug-likeness (QED) is 0.733. The molecule has 2 aromatic rings. The van der Waals surface area contributed by atoms with Gasteiger partial charge in [0.15, 0.2) is 0 Å². The van der Waals surface area contributed by atoms with Crippen molar-refractivity contribution in [2.75, 3.05) is 12.4 Å². The van der Waals surface area contributed by atoms with Gasteiger partial charge in [0, 0.05) is 5.41 Å². The summed E-state index contributed by atoms with van der Waals surface area (Å²) < 4.78 is 5.80. The average Bonchev–Trinajstić information content (AvgIpc) is 2.47. The van der Waals surface area contributed by atoms with Gasteiger partial charge in [-0.1, -0.05) is 61.8 Å². The van der Waals surface area contributed by atoms with Gasteiger partial charge in [-0.05, 0) is 29.0 Å². The van der Waals surface area contributed by atoms with E-state index in [9.17, 15) is 0 Å². The molecule has 1 nitrogen and oxygen atoms in total. The van der Waals surface area contributed by atoms with E-state index in [1.54, 1.807) is 0 Å². The molecule has 0 spiro atoms. The third-order valence-corrected chi connectivity index (χ3v) is 4.24. The van der Waals surface area contributed by atoms with Gasteiger partial charge in [-0.2, -0.15) is 12.6 Å². The number of hydrogen-bond acceptors (Lipinski definition) is 2. The molecule has 2 aromatic carbocycles. The summed E-state index contributed by atoms with van der Waals surface area (Å²) in [5.41, 5.74) is 2.28. The van der Waals surface area contributed by atoms with Crippen LogP contribution in [0.2, 0.25) is 5.02 Å². The smallest absolute Gasteiger partial charge is 0.137 e. The van der Waals surface area contributed by atoms with Crippen molar-refractivity contribution in [3.05, 3.63) is 53.6 Å². The second kappa shape index (κ2) is 6.55. The first kappa shape index (κ1) is 15.3. The van der Waals surface area contributed by atoms with E-state index >= 15 is 0 Å². The Morgan fingerprint density at radius 3 is 2.35 bits per heavy atom. The summed E-state index contributed by atoms with van der Waals surface area (Å²) in [6.45, 7) is 4.83. The molecule has 0 aliphatic carbocycles. The van der Waals surface area contributed by atoms with E-state index < -0.39 is 0 Å². The van der Waals surface area contributed by atoms with E-state index in [1.165, 1.54) is 0 Å². The minimum atomic E-state index is 0.0323. The van der Waals surface area contributed by atoms with Crippen molar-refractivity contribution < 1.29 is 4.74 Å². The molecule has 0 saturated carbocycles. The largest absolute Gasteiger partial charge is 0.491 e. The second-order valence-electron chi connectivity index (χ2n) is 5.62. The Kier molecular flexibility index (Phi) is 5.00. The molecule has 2 rings (SSSR count). The van der Waals surface area contributed by atoms with Crippen LogP contribution in [0.15, 0.2) is 48.5 Å². The fraction of sp³-hybridized carbons (Fsp3) is 0.294. The summed E-state index contributed by atoms with van der Waals surface area (Å²) in [5, 5.41) is 0.640. The van der Waals surface area contributed by atoms with Crippen LogP contribution in [0.1, 0.15) is 13.8 Å². The third-order valence-electron chi connectivity index (χ3n) is 3.09. The molecular formula is C17H19ClOS. The van der Waals surface area contributed by atoms with Crippen LogP contribution < -0.4 is 4.74 Å². The lowest BCUT2D eigenvalue weighted by molar-refractivity contribution is 0.202. The molecular weight excluding hydrogens is 288 g/mol. The van der Waals surface area contributed by atoms with Gasteiger partial charge in [0.1, 0.15) is 5.75 Å². The summed E-state index contributed by atoms with van der Waals surface area (Å²) in [5.74, 6) is 1.49. The molecule has 0 aliphatic heterocycles. The van der Waals surface area contributed by atoms with Gasteiger partial charge >= 0.3 is 0 Å². The highest BCUT2D eigenvalue weighted by Gasteiger charge is 2.17. The Morgan fingerprint density at radius 1 is 1.05 bits per heavy atom. The van der Waals surface area contributed by atoms with Crippen LogP contribution in [0.25, 0.3) is 11.1 Å². The number of benzene rings is 2. The number of ether oxygens (including phenoxy) is 1. The fourth-order valence-electron chi connectivity index (χ4n) is 1.75. The minimum absolute atomic E-state index is 0.0323. The molecule has 0 unspecified atom stereocenters. The van der Waals surface area contributed by atoms with Crippen LogP contribution in [0.5, 0.6) is 5.75 Å². The lowest BCUT2D eigenvalue weighted by Crippen LogP contribution is -2.23. The Hall–Kier alpha value is -1.12. The Bertz CT molecular complexity index is 566. The predicted molar refractivity (Wildman–Crippen MR) is 90.0 cm³/mol. The molecule has 0 radical (unpaired) electrons. The van der Waals surface area contributed by atoms with E-state index in [-0.39, 0.29) is 5.41 Å². The maximum atomic E-state index is 6.31. The summed E-state index contributed by atoms with van der Waals surface area (Å²) in [4.78, 5) is 0. The summed E-state index contributed by atoms with van der Waals surface area (Å²) in [6.07, 6.45) is 0. The molecule has 106 valence electrons. The van der Waals surface area contributed by atoms with Crippen LogP contribution in [0.4, 0.5) is 0 Å². The molecule has 3 heteroatoms. The highest BCUT2D eigenvalue weighted by atomic mass is 35.5. The van der Waals surface area contributed by atoms with Gasteiger partial charge in [-0.3, -0.25) is 0 Å². The van der Waals surface area contributed by atoms with Crippen LogP contribution in [0.3, 0.4) is 0 Å². The number of rotatable bonds is 5. The molecule has 0 atom stereocenters. The molecule has 0 amide bonds. The summed E-state index contributed by atoms with van der Waals surface area (Å²) in [7, 11) is 0. The van der Waals surface area contributed by atoms with Crippen LogP contribution in [0, 0.1) is 5.41 Å². The highest BCUT2D eigenvalue weighted by Crippen LogP contribution is 2.31. The molecule has 0 heterocycles. The third kappa shape index (κ3) is 3.94. The topological polar surface area (TPSA) is 9.23 Å². The van der Waals surface area contributed by atoms with Gasteiger partial charge < -0.3 is 4.74 Å². The Balaban J connectivity index is 2.15. The molecule has 0 bridgehead atoms. The van der Waals surface area contributed by atoms with E-state index in [4.69, 9.17) is 16.3 Å². The number of hydrogen-bond donors (Lipinski definition) is 1. The summed E-state index contributed by atoms with van der Waals surface area (Å²) in [6, 6.07) is 16.1.